The molecule has 0 spiro atoms. The van der Waals surface area contributed by atoms with Gasteiger partial charge in [-0.15, -0.1) is 0 Å². The maximum atomic E-state index is 12.0. The van der Waals surface area contributed by atoms with Crippen LogP contribution in [-0.4, -0.2) is 10.8 Å². The van der Waals surface area contributed by atoms with Crippen LogP contribution in [-0.2, 0) is 6.42 Å². The Bertz CT molecular complexity index is 537. The van der Waals surface area contributed by atoms with Gasteiger partial charge in [0, 0.05) is 17.1 Å². The number of anilines is 1. The van der Waals surface area contributed by atoms with Crippen molar-refractivity contribution in [3.05, 3.63) is 58.3 Å². The highest BCUT2D eigenvalue weighted by molar-refractivity contribution is 9.10. The first-order valence-electron chi connectivity index (χ1n) is 5.15. The molecule has 0 unspecified atom stereocenters. The Morgan fingerprint density at radius 3 is 2.59 bits per heavy atom. The van der Waals surface area contributed by atoms with Crippen LogP contribution in [0.2, 0.25) is 0 Å². The lowest BCUT2D eigenvalue weighted by atomic mass is 10.1. The van der Waals surface area contributed by atoms with E-state index in [2.05, 4.69) is 20.9 Å². The van der Waals surface area contributed by atoms with Crippen molar-refractivity contribution in [2.75, 3.05) is 5.73 Å². The predicted octanol–water partition coefficient (Wildman–Crippen LogP) is 2.85. The summed E-state index contributed by atoms with van der Waals surface area (Å²) in [6.07, 6.45) is 1.89. The lowest BCUT2D eigenvalue weighted by Gasteiger charge is -2.03. The molecule has 0 saturated heterocycles. The Morgan fingerprint density at radius 1 is 1.24 bits per heavy atom. The van der Waals surface area contributed by atoms with E-state index in [-0.39, 0.29) is 5.78 Å². The molecule has 3 nitrogen and oxygen atoms in total. The number of nitrogen functional groups attached to an aromatic ring is 1. The van der Waals surface area contributed by atoms with Gasteiger partial charge >= 0.3 is 0 Å². The van der Waals surface area contributed by atoms with Gasteiger partial charge in [0.1, 0.15) is 5.69 Å². The number of hydrogen-bond donors (Lipinski definition) is 1. The highest BCUT2D eigenvalue weighted by Gasteiger charge is 2.11. The van der Waals surface area contributed by atoms with E-state index in [0.29, 0.717) is 17.8 Å². The Balaban J connectivity index is 2.17. The summed E-state index contributed by atoms with van der Waals surface area (Å²) < 4.78 is 0.992. The topological polar surface area (TPSA) is 56.0 Å². The standard InChI is InChI=1S/C13H11BrN2O/c14-10-5-3-9(4-6-10)8-12(17)13-11(15)2-1-7-16-13/h1-7H,8,15H2. The van der Waals surface area contributed by atoms with Gasteiger partial charge in [-0.25, -0.2) is 0 Å². The van der Waals surface area contributed by atoms with Crippen LogP contribution in [0.3, 0.4) is 0 Å². The number of ketones is 1. The van der Waals surface area contributed by atoms with Gasteiger partial charge in [-0.05, 0) is 29.8 Å². The third-order valence-electron chi connectivity index (χ3n) is 2.38. The van der Waals surface area contributed by atoms with Crippen LogP contribution in [0, 0.1) is 0 Å². The Labute approximate surface area is 108 Å². The zero-order chi connectivity index (χ0) is 12.3. The van der Waals surface area contributed by atoms with E-state index in [0.717, 1.165) is 10.0 Å². The SMILES string of the molecule is Nc1cccnc1C(=O)Cc1ccc(Br)cc1. The van der Waals surface area contributed by atoms with E-state index >= 15 is 0 Å². The molecule has 0 aliphatic heterocycles. The summed E-state index contributed by atoms with van der Waals surface area (Å²) in [5.41, 5.74) is 7.42. The summed E-state index contributed by atoms with van der Waals surface area (Å²) in [4.78, 5) is 16.0. The van der Waals surface area contributed by atoms with E-state index in [9.17, 15) is 4.79 Å². The molecule has 0 saturated carbocycles. The minimum Gasteiger partial charge on any atom is -0.397 e. The van der Waals surface area contributed by atoms with E-state index in [1.54, 1.807) is 18.3 Å². The fourth-order valence-corrected chi connectivity index (χ4v) is 1.79. The number of Topliss-reactive ketones (excluding diaryl/α,β-unsaturated/α-hetero) is 1. The van der Waals surface area contributed by atoms with Crippen LogP contribution >= 0.6 is 15.9 Å². The largest absolute Gasteiger partial charge is 0.397 e. The van der Waals surface area contributed by atoms with Gasteiger partial charge in [-0.3, -0.25) is 9.78 Å². The maximum absolute atomic E-state index is 12.0. The van der Waals surface area contributed by atoms with Crippen molar-refractivity contribution in [1.29, 1.82) is 0 Å². The van der Waals surface area contributed by atoms with Gasteiger partial charge in [0.05, 0.1) is 5.69 Å². The van der Waals surface area contributed by atoms with Crippen molar-refractivity contribution in [2.24, 2.45) is 0 Å². The molecule has 86 valence electrons. The molecule has 0 fully saturated rings. The van der Waals surface area contributed by atoms with E-state index in [1.807, 2.05) is 24.3 Å². The number of rotatable bonds is 3. The zero-order valence-corrected chi connectivity index (χ0v) is 10.6. The molecule has 4 heteroatoms. The monoisotopic (exact) mass is 290 g/mol. The van der Waals surface area contributed by atoms with Crippen LogP contribution < -0.4 is 5.73 Å². The lowest BCUT2D eigenvalue weighted by Crippen LogP contribution is -2.09. The van der Waals surface area contributed by atoms with Crippen molar-refractivity contribution < 1.29 is 4.79 Å². The average molecular weight is 291 g/mol. The third-order valence-corrected chi connectivity index (χ3v) is 2.91. The zero-order valence-electron chi connectivity index (χ0n) is 9.06. The molecule has 1 heterocycles. The third kappa shape index (κ3) is 2.91. The molecule has 0 radical (unpaired) electrons. The van der Waals surface area contributed by atoms with E-state index in [4.69, 9.17) is 5.73 Å². The minimum absolute atomic E-state index is 0.0644. The van der Waals surface area contributed by atoms with Crippen LogP contribution in [0.15, 0.2) is 47.1 Å². The van der Waals surface area contributed by atoms with Crippen LogP contribution in [0.25, 0.3) is 0 Å². The first kappa shape index (κ1) is 11.8. The number of aromatic nitrogens is 1. The molecule has 2 rings (SSSR count). The molecule has 1 aromatic carbocycles. The molecular weight excluding hydrogens is 280 g/mol. The number of nitrogens with zero attached hydrogens (tertiary/aromatic N) is 1. The fourth-order valence-electron chi connectivity index (χ4n) is 1.52. The molecule has 0 bridgehead atoms. The number of hydrogen-bond acceptors (Lipinski definition) is 3. The van der Waals surface area contributed by atoms with Crippen LogP contribution in [0.4, 0.5) is 5.69 Å². The van der Waals surface area contributed by atoms with Gasteiger partial charge in [0.15, 0.2) is 5.78 Å². The quantitative estimate of drug-likeness (QED) is 0.885. The van der Waals surface area contributed by atoms with Crippen LogP contribution in [0.1, 0.15) is 16.1 Å². The molecular formula is C13H11BrN2O. The van der Waals surface area contributed by atoms with Gasteiger partial charge in [0.2, 0.25) is 0 Å². The number of carbonyl (C=O) groups is 1. The van der Waals surface area contributed by atoms with E-state index < -0.39 is 0 Å². The van der Waals surface area contributed by atoms with Crippen molar-refractivity contribution in [3.8, 4) is 0 Å². The van der Waals surface area contributed by atoms with Crippen LogP contribution in [0.5, 0.6) is 0 Å². The van der Waals surface area contributed by atoms with Gasteiger partial charge in [-0.2, -0.15) is 0 Å². The number of nitrogens with two attached hydrogens (primary N) is 1. The molecule has 0 aliphatic carbocycles. The molecule has 2 aromatic rings. The van der Waals surface area contributed by atoms with Gasteiger partial charge < -0.3 is 5.73 Å². The summed E-state index contributed by atoms with van der Waals surface area (Å²) in [5.74, 6) is -0.0644. The van der Waals surface area contributed by atoms with Gasteiger partial charge in [-0.1, -0.05) is 28.1 Å². The highest BCUT2D eigenvalue weighted by Crippen LogP contribution is 2.14. The molecule has 2 N–H and O–H groups in total. The van der Waals surface area contributed by atoms with Crippen molar-refractivity contribution in [2.45, 2.75) is 6.42 Å². The normalized spacial score (nSPS) is 10.2. The number of pyridine rings is 1. The summed E-state index contributed by atoms with van der Waals surface area (Å²) >= 11 is 3.35. The summed E-state index contributed by atoms with van der Waals surface area (Å²) in [6, 6.07) is 11.0. The van der Waals surface area contributed by atoms with Crippen molar-refractivity contribution >= 4 is 27.4 Å². The van der Waals surface area contributed by atoms with E-state index in [1.165, 1.54) is 0 Å². The molecule has 0 aliphatic rings. The highest BCUT2D eigenvalue weighted by atomic mass is 79.9. The Hall–Kier alpha value is -1.68. The number of benzene rings is 1. The summed E-state index contributed by atoms with van der Waals surface area (Å²) in [6.45, 7) is 0. The molecule has 0 amide bonds. The number of halogens is 1. The molecule has 17 heavy (non-hydrogen) atoms. The maximum Gasteiger partial charge on any atom is 0.187 e. The molecule has 1 aromatic heterocycles. The van der Waals surface area contributed by atoms with Crippen molar-refractivity contribution in [1.82, 2.24) is 4.98 Å². The van der Waals surface area contributed by atoms with Gasteiger partial charge in [0.25, 0.3) is 0 Å². The number of carbonyl (C=O) groups excluding carboxylic acids is 1. The summed E-state index contributed by atoms with van der Waals surface area (Å²) in [7, 11) is 0. The fraction of sp³-hybridized carbons (Fsp3) is 0.0769. The minimum atomic E-state index is -0.0644. The second kappa shape index (κ2) is 5.10. The Morgan fingerprint density at radius 2 is 1.94 bits per heavy atom. The predicted molar refractivity (Wildman–Crippen MR) is 70.8 cm³/mol. The smallest absolute Gasteiger partial charge is 0.187 e. The average Bonchev–Trinajstić information content (AvgIpc) is 2.32. The first-order valence-corrected chi connectivity index (χ1v) is 5.94. The first-order chi connectivity index (χ1) is 8.16. The lowest BCUT2D eigenvalue weighted by molar-refractivity contribution is 0.0989. The Kier molecular flexibility index (Phi) is 3.54. The second-order valence-corrected chi connectivity index (χ2v) is 4.58. The molecule has 0 atom stereocenters. The van der Waals surface area contributed by atoms with Crippen molar-refractivity contribution in [3.63, 3.8) is 0 Å². The second-order valence-electron chi connectivity index (χ2n) is 3.67. The summed E-state index contributed by atoms with van der Waals surface area (Å²) in [5, 5.41) is 0.